The topological polar surface area (TPSA) is 38.3 Å². The first-order valence-electron chi connectivity index (χ1n) is 7.40. The molecular formula is C19H18ClNO2. The van der Waals surface area contributed by atoms with E-state index in [9.17, 15) is 4.79 Å². The lowest BCUT2D eigenvalue weighted by Gasteiger charge is -2.05. The van der Waals surface area contributed by atoms with Crippen LogP contribution in [-0.4, -0.2) is 19.1 Å². The highest BCUT2D eigenvalue weighted by molar-refractivity contribution is 6.30. The largest absolute Gasteiger partial charge is 0.494 e. The van der Waals surface area contributed by atoms with Gasteiger partial charge >= 0.3 is 0 Å². The van der Waals surface area contributed by atoms with Gasteiger partial charge in [-0.05, 0) is 42.8 Å². The molecule has 0 aromatic heterocycles. The van der Waals surface area contributed by atoms with Crippen molar-refractivity contribution < 1.29 is 9.53 Å². The van der Waals surface area contributed by atoms with E-state index in [4.69, 9.17) is 16.3 Å². The average Bonchev–Trinajstić information content (AvgIpc) is 2.54. The molecular weight excluding hydrogens is 310 g/mol. The molecule has 0 radical (unpaired) electrons. The van der Waals surface area contributed by atoms with E-state index >= 15 is 0 Å². The number of carbonyl (C=O) groups is 1. The molecule has 0 heterocycles. The summed E-state index contributed by atoms with van der Waals surface area (Å²) in [5.74, 6) is 6.62. The second-order valence-corrected chi connectivity index (χ2v) is 5.28. The maximum Gasteiger partial charge on any atom is 0.225 e. The molecule has 4 heteroatoms. The molecule has 0 bridgehead atoms. The van der Waals surface area contributed by atoms with Crippen LogP contribution in [0.5, 0.6) is 5.75 Å². The number of hydrogen-bond donors (Lipinski definition) is 1. The van der Waals surface area contributed by atoms with E-state index in [2.05, 4.69) is 17.2 Å². The van der Waals surface area contributed by atoms with E-state index in [0.717, 1.165) is 16.9 Å². The normalized spacial score (nSPS) is 9.65. The van der Waals surface area contributed by atoms with Crippen molar-refractivity contribution in [2.75, 3.05) is 13.2 Å². The van der Waals surface area contributed by atoms with Crippen LogP contribution in [0.15, 0.2) is 48.5 Å². The lowest BCUT2D eigenvalue weighted by atomic mass is 10.1. The van der Waals surface area contributed by atoms with Gasteiger partial charge in [-0.15, -0.1) is 0 Å². The number of nitrogens with one attached hydrogen (secondary N) is 1. The number of halogens is 1. The van der Waals surface area contributed by atoms with Crippen LogP contribution in [0.2, 0.25) is 5.02 Å². The number of rotatable bonds is 5. The average molecular weight is 328 g/mol. The first-order valence-corrected chi connectivity index (χ1v) is 7.78. The van der Waals surface area contributed by atoms with Crippen LogP contribution in [0.1, 0.15) is 18.1 Å². The predicted octanol–water partition coefficient (Wildman–Crippen LogP) is 3.45. The predicted molar refractivity (Wildman–Crippen MR) is 92.7 cm³/mol. The van der Waals surface area contributed by atoms with E-state index in [1.165, 1.54) is 0 Å². The molecule has 1 amide bonds. The molecule has 0 aliphatic carbocycles. The van der Waals surface area contributed by atoms with Gasteiger partial charge in [0.25, 0.3) is 0 Å². The van der Waals surface area contributed by atoms with Crippen molar-refractivity contribution in [1.82, 2.24) is 5.32 Å². The maximum atomic E-state index is 11.9. The van der Waals surface area contributed by atoms with Gasteiger partial charge in [-0.2, -0.15) is 0 Å². The Labute approximate surface area is 141 Å². The molecule has 3 nitrogen and oxygen atoms in total. The summed E-state index contributed by atoms with van der Waals surface area (Å²) in [6.45, 7) is 2.87. The van der Waals surface area contributed by atoms with Crippen molar-refractivity contribution in [2.45, 2.75) is 13.3 Å². The van der Waals surface area contributed by atoms with Crippen LogP contribution < -0.4 is 10.1 Å². The maximum absolute atomic E-state index is 11.9. The van der Waals surface area contributed by atoms with Gasteiger partial charge in [-0.1, -0.05) is 41.6 Å². The fourth-order valence-corrected chi connectivity index (χ4v) is 2.16. The second kappa shape index (κ2) is 8.87. The first-order chi connectivity index (χ1) is 11.2. The number of ether oxygens (including phenoxy) is 1. The van der Waals surface area contributed by atoms with E-state index in [1.54, 1.807) is 12.1 Å². The van der Waals surface area contributed by atoms with Crippen molar-refractivity contribution in [3.63, 3.8) is 0 Å². The number of amides is 1. The van der Waals surface area contributed by atoms with Gasteiger partial charge in [-0.3, -0.25) is 4.79 Å². The third kappa shape index (κ3) is 6.06. The molecule has 2 aromatic rings. The molecule has 0 aliphatic heterocycles. The minimum atomic E-state index is -0.0606. The molecule has 0 fully saturated rings. The number of hydrogen-bond acceptors (Lipinski definition) is 2. The summed E-state index contributed by atoms with van der Waals surface area (Å²) in [6, 6.07) is 14.8. The van der Waals surface area contributed by atoms with Gasteiger partial charge in [0, 0.05) is 10.6 Å². The molecule has 2 aromatic carbocycles. The Bertz CT molecular complexity index is 714. The zero-order chi connectivity index (χ0) is 16.5. The van der Waals surface area contributed by atoms with E-state index in [-0.39, 0.29) is 5.91 Å². The number of carbonyl (C=O) groups excluding carboxylic acids is 1. The Morgan fingerprint density at radius 2 is 2.00 bits per heavy atom. The monoisotopic (exact) mass is 327 g/mol. The Morgan fingerprint density at radius 3 is 2.70 bits per heavy atom. The molecule has 1 N–H and O–H groups in total. The highest BCUT2D eigenvalue weighted by atomic mass is 35.5. The van der Waals surface area contributed by atoms with Gasteiger partial charge in [0.15, 0.2) is 0 Å². The summed E-state index contributed by atoms with van der Waals surface area (Å²) in [5, 5.41) is 3.43. The Kier molecular flexibility index (Phi) is 6.53. The summed E-state index contributed by atoms with van der Waals surface area (Å²) in [7, 11) is 0. The highest BCUT2D eigenvalue weighted by Crippen LogP contribution is 2.12. The van der Waals surface area contributed by atoms with Gasteiger partial charge in [0.1, 0.15) is 5.75 Å². The standard InChI is InChI=1S/C19H18ClNO2/c1-2-23-18-10-8-16(9-11-18)14-19(22)21-12-4-6-15-5-3-7-17(20)13-15/h3,5,7-11,13H,2,12,14H2,1H3,(H,21,22). The summed E-state index contributed by atoms with van der Waals surface area (Å²) in [4.78, 5) is 11.9. The van der Waals surface area contributed by atoms with Crippen LogP contribution in [-0.2, 0) is 11.2 Å². The third-order valence-electron chi connectivity index (χ3n) is 3.03. The van der Waals surface area contributed by atoms with E-state index in [0.29, 0.717) is 24.6 Å². The van der Waals surface area contributed by atoms with Crippen molar-refractivity contribution in [3.05, 3.63) is 64.7 Å². The zero-order valence-electron chi connectivity index (χ0n) is 12.9. The molecule has 0 spiro atoms. The van der Waals surface area contributed by atoms with Crippen LogP contribution in [0.25, 0.3) is 0 Å². The Hall–Kier alpha value is -2.44. The minimum absolute atomic E-state index is 0.0606. The molecule has 0 aliphatic rings. The Balaban J connectivity index is 1.79. The third-order valence-corrected chi connectivity index (χ3v) is 3.27. The van der Waals surface area contributed by atoms with Crippen LogP contribution in [0.3, 0.4) is 0 Å². The summed E-state index contributed by atoms with van der Waals surface area (Å²) in [6.07, 6.45) is 0.325. The molecule has 0 unspecified atom stereocenters. The van der Waals surface area contributed by atoms with E-state index < -0.39 is 0 Å². The smallest absolute Gasteiger partial charge is 0.225 e. The fourth-order valence-electron chi connectivity index (χ4n) is 1.97. The lowest BCUT2D eigenvalue weighted by molar-refractivity contribution is -0.120. The van der Waals surface area contributed by atoms with Crippen LogP contribution in [0, 0.1) is 11.8 Å². The van der Waals surface area contributed by atoms with Crippen molar-refractivity contribution in [2.24, 2.45) is 0 Å². The second-order valence-electron chi connectivity index (χ2n) is 4.84. The van der Waals surface area contributed by atoms with Crippen molar-refractivity contribution in [1.29, 1.82) is 0 Å². The molecule has 0 saturated heterocycles. The first kappa shape index (κ1) is 16.9. The Morgan fingerprint density at radius 1 is 1.22 bits per heavy atom. The molecule has 0 atom stereocenters. The highest BCUT2D eigenvalue weighted by Gasteiger charge is 2.02. The van der Waals surface area contributed by atoms with Gasteiger partial charge < -0.3 is 10.1 Å². The van der Waals surface area contributed by atoms with E-state index in [1.807, 2.05) is 43.3 Å². The van der Waals surface area contributed by atoms with Gasteiger partial charge in [0.2, 0.25) is 5.91 Å². The number of benzene rings is 2. The summed E-state index contributed by atoms with van der Waals surface area (Å²) >= 11 is 5.88. The van der Waals surface area contributed by atoms with Gasteiger partial charge in [0.05, 0.1) is 19.6 Å². The summed E-state index contributed by atoms with van der Waals surface area (Å²) < 4.78 is 5.37. The van der Waals surface area contributed by atoms with Crippen LogP contribution in [0.4, 0.5) is 0 Å². The molecule has 2 rings (SSSR count). The fraction of sp³-hybridized carbons (Fsp3) is 0.211. The van der Waals surface area contributed by atoms with Gasteiger partial charge in [-0.25, -0.2) is 0 Å². The quantitative estimate of drug-likeness (QED) is 0.854. The van der Waals surface area contributed by atoms with Crippen molar-refractivity contribution in [3.8, 4) is 17.6 Å². The molecule has 118 valence electrons. The van der Waals surface area contributed by atoms with Crippen molar-refractivity contribution >= 4 is 17.5 Å². The van der Waals surface area contributed by atoms with Crippen LogP contribution >= 0.6 is 11.6 Å². The SMILES string of the molecule is CCOc1ccc(CC(=O)NCC#Cc2cccc(Cl)c2)cc1. The lowest BCUT2D eigenvalue weighted by Crippen LogP contribution is -2.25. The zero-order valence-corrected chi connectivity index (χ0v) is 13.7. The minimum Gasteiger partial charge on any atom is -0.494 e. The molecule has 23 heavy (non-hydrogen) atoms. The molecule has 0 saturated carbocycles. The summed E-state index contributed by atoms with van der Waals surface area (Å²) in [5.41, 5.74) is 1.77.